The predicted octanol–water partition coefficient (Wildman–Crippen LogP) is 4.22. The summed E-state index contributed by atoms with van der Waals surface area (Å²) in [5.74, 6) is -0.0922. The van der Waals surface area contributed by atoms with Crippen LogP contribution in [0.15, 0.2) is 53.9 Å². The van der Waals surface area contributed by atoms with Crippen LogP contribution in [0.5, 0.6) is 5.75 Å². The van der Waals surface area contributed by atoms with Gasteiger partial charge in [0.2, 0.25) is 5.91 Å². The number of nitrogens with zero attached hydrogens (tertiary/aromatic N) is 3. The normalized spacial score (nSPS) is 10.9. The van der Waals surface area contributed by atoms with Gasteiger partial charge < -0.3 is 10.1 Å². The molecule has 1 N–H and O–H groups in total. The third-order valence-corrected chi connectivity index (χ3v) is 4.77. The summed E-state index contributed by atoms with van der Waals surface area (Å²) >= 11 is 1.25. The minimum Gasteiger partial charge on any atom is -0.435 e. The van der Waals surface area contributed by atoms with Crippen LogP contribution in [0.2, 0.25) is 0 Å². The van der Waals surface area contributed by atoms with Crippen molar-refractivity contribution in [3.05, 3.63) is 59.9 Å². The highest BCUT2D eigenvalue weighted by Crippen LogP contribution is 2.23. The molecule has 0 bridgehead atoms. The van der Waals surface area contributed by atoms with Crippen LogP contribution < -0.4 is 10.1 Å². The van der Waals surface area contributed by atoms with Gasteiger partial charge in [-0.2, -0.15) is 8.78 Å². The standard InChI is InChI=1S/C19H18F2N4O2S/c1-12-3-8-16(13(2)9-12)25-11-22-24-19(25)28-10-17(26)23-14-4-6-15(7-5-14)27-18(20)21/h3-9,11,18H,10H2,1-2H3,(H,23,26). The van der Waals surface area contributed by atoms with Gasteiger partial charge >= 0.3 is 6.61 Å². The molecule has 0 fully saturated rings. The lowest BCUT2D eigenvalue weighted by Crippen LogP contribution is -2.14. The highest BCUT2D eigenvalue weighted by atomic mass is 32.2. The van der Waals surface area contributed by atoms with Crippen LogP contribution >= 0.6 is 11.8 Å². The van der Waals surface area contributed by atoms with Gasteiger partial charge in [-0.25, -0.2) is 0 Å². The molecule has 0 aliphatic heterocycles. The second kappa shape index (κ2) is 8.83. The SMILES string of the molecule is Cc1ccc(-n2cnnc2SCC(=O)Nc2ccc(OC(F)F)cc2)c(C)c1. The fraction of sp³-hybridized carbons (Fsp3) is 0.211. The molecule has 0 unspecified atom stereocenters. The first-order chi connectivity index (χ1) is 13.4. The smallest absolute Gasteiger partial charge is 0.387 e. The summed E-state index contributed by atoms with van der Waals surface area (Å²) in [7, 11) is 0. The molecule has 3 aromatic rings. The van der Waals surface area contributed by atoms with Crippen LogP contribution in [-0.2, 0) is 4.79 Å². The van der Waals surface area contributed by atoms with E-state index in [1.165, 1.54) is 36.0 Å². The number of thioether (sulfide) groups is 1. The number of carbonyl (C=O) groups excluding carboxylic acids is 1. The van der Waals surface area contributed by atoms with E-state index in [0.717, 1.165) is 16.8 Å². The number of alkyl halides is 2. The van der Waals surface area contributed by atoms with Crippen molar-refractivity contribution in [3.63, 3.8) is 0 Å². The number of aryl methyl sites for hydroxylation is 2. The number of amides is 1. The van der Waals surface area contributed by atoms with E-state index < -0.39 is 6.61 Å². The van der Waals surface area contributed by atoms with E-state index in [-0.39, 0.29) is 17.4 Å². The van der Waals surface area contributed by atoms with Gasteiger partial charge in [-0.05, 0) is 49.7 Å². The number of hydrogen-bond acceptors (Lipinski definition) is 5. The Hall–Kier alpha value is -2.94. The van der Waals surface area contributed by atoms with E-state index in [0.29, 0.717) is 10.8 Å². The average molecular weight is 404 g/mol. The molecule has 146 valence electrons. The zero-order chi connectivity index (χ0) is 20.1. The van der Waals surface area contributed by atoms with Crippen molar-refractivity contribution in [1.82, 2.24) is 14.8 Å². The molecule has 9 heteroatoms. The third-order valence-electron chi connectivity index (χ3n) is 3.82. The maximum absolute atomic E-state index is 12.2. The van der Waals surface area contributed by atoms with Gasteiger partial charge in [-0.3, -0.25) is 9.36 Å². The van der Waals surface area contributed by atoms with Gasteiger partial charge in [0.25, 0.3) is 0 Å². The number of ether oxygens (including phenoxy) is 1. The van der Waals surface area contributed by atoms with Gasteiger partial charge in [-0.15, -0.1) is 10.2 Å². The molecule has 0 radical (unpaired) electrons. The number of benzene rings is 2. The molecular formula is C19H18F2N4O2S. The Morgan fingerprint density at radius 1 is 1.21 bits per heavy atom. The number of hydrogen-bond donors (Lipinski definition) is 1. The van der Waals surface area contributed by atoms with E-state index in [9.17, 15) is 13.6 Å². The summed E-state index contributed by atoms with van der Waals surface area (Å²) < 4.78 is 30.4. The Labute approximate surface area is 164 Å². The molecule has 6 nitrogen and oxygen atoms in total. The lowest BCUT2D eigenvalue weighted by atomic mass is 10.1. The van der Waals surface area contributed by atoms with Crippen LogP contribution in [-0.4, -0.2) is 33.0 Å². The third kappa shape index (κ3) is 5.07. The molecule has 0 aliphatic carbocycles. The van der Waals surface area contributed by atoms with Crippen LogP contribution in [0.1, 0.15) is 11.1 Å². The lowest BCUT2D eigenvalue weighted by molar-refractivity contribution is -0.113. The molecule has 3 rings (SSSR count). The van der Waals surface area contributed by atoms with E-state index >= 15 is 0 Å². The first kappa shape index (κ1) is 19.8. The molecular weight excluding hydrogens is 386 g/mol. The summed E-state index contributed by atoms with van der Waals surface area (Å²) in [6.07, 6.45) is 1.61. The second-order valence-corrected chi connectivity index (χ2v) is 6.96. The topological polar surface area (TPSA) is 69.0 Å². The van der Waals surface area contributed by atoms with Gasteiger partial charge in [0.15, 0.2) is 5.16 Å². The monoisotopic (exact) mass is 404 g/mol. The maximum Gasteiger partial charge on any atom is 0.387 e. The number of aromatic nitrogens is 3. The van der Waals surface area contributed by atoms with Crippen molar-refractivity contribution in [2.24, 2.45) is 0 Å². The Bertz CT molecular complexity index is 961. The molecule has 0 spiro atoms. The largest absolute Gasteiger partial charge is 0.435 e. The van der Waals surface area contributed by atoms with Gasteiger partial charge in [-0.1, -0.05) is 29.5 Å². The molecule has 2 aromatic carbocycles. The van der Waals surface area contributed by atoms with Crippen molar-refractivity contribution >= 4 is 23.4 Å². The highest BCUT2D eigenvalue weighted by molar-refractivity contribution is 7.99. The predicted molar refractivity (Wildman–Crippen MR) is 103 cm³/mol. The molecule has 0 saturated heterocycles. The van der Waals surface area contributed by atoms with Crippen LogP contribution in [0.4, 0.5) is 14.5 Å². The van der Waals surface area contributed by atoms with E-state index in [4.69, 9.17) is 0 Å². The second-order valence-electron chi connectivity index (χ2n) is 6.01. The highest BCUT2D eigenvalue weighted by Gasteiger charge is 2.12. The molecule has 1 heterocycles. The first-order valence-electron chi connectivity index (χ1n) is 8.37. The average Bonchev–Trinajstić information content (AvgIpc) is 3.09. The Kier molecular flexibility index (Phi) is 6.25. The van der Waals surface area contributed by atoms with Crippen LogP contribution in [0, 0.1) is 13.8 Å². The molecule has 0 saturated carbocycles. The minimum absolute atomic E-state index is 0.0314. The molecule has 0 atom stereocenters. The summed E-state index contributed by atoms with van der Waals surface area (Å²) in [6.45, 7) is 1.14. The lowest BCUT2D eigenvalue weighted by Gasteiger charge is -2.10. The molecule has 1 aromatic heterocycles. The molecule has 0 aliphatic rings. The molecule has 28 heavy (non-hydrogen) atoms. The maximum atomic E-state index is 12.2. The van der Waals surface area contributed by atoms with Crippen molar-refractivity contribution in [1.29, 1.82) is 0 Å². The summed E-state index contributed by atoms with van der Waals surface area (Å²) in [5, 5.41) is 11.3. The van der Waals surface area contributed by atoms with Crippen molar-refractivity contribution < 1.29 is 18.3 Å². The van der Waals surface area contributed by atoms with Gasteiger partial charge in [0, 0.05) is 5.69 Å². The fourth-order valence-electron chi connectivity index (χ4n) is 2.61. The number of halogens is 2. The quantitative estimate of drug-likeness (QED) is 0.597. The Morgan fingerprint density at radius 2 is 1.96 bits per heavy atom. The minimum atomic E-state index is -2.88. The Balaban J connectivity index is 1.60. The summed E-state index contributed by atoms with van der Waals surface area (Å²) in [6, 6.07) is 11.8. The summed E-state index contributed by atoms with van der Waals surface area (Å²) in [4.78, 5) is 12.2. The number of nitrogens with one attached hydrogen (secondary N) is 1. The summed E-state index contributed by atoms with van der Waals surface area (Å²) in [5.41, 5.74) is 3.68. The van der Waals surface area contributed by atoms with E-state index in [1.807, 2.05) is 30.5 Å². The number of anilines is 1. The van der Waals surface area contributed by atoms with Gasteiger partial charge in [0.1, 0.15) is 12.1 Å². The van der Waals surface area contributed by atoms with Crippen LogP contribution in [0.25, 0.3) is 5.69 Å². The van der Waals surface area contributed by atoms with E-state index in [1.54, 1.807) is 6.33 Å². The van der Waals surface area contributed by atoms with Crippen LogP contribution in [0.3, 0.4) is 0 Å². The van der Waals surface area contributed by atoms with Gasteiger partial charge in [0.05, 0.1) is 11.4 Å². The molecule has 1 amide bonds. The van der Waals surface area contributed by atoms with E-state index in [2.05, 4.69) is 26.3 Å². The zero-order valence-electron chi connectivity index (χ0n) is 15.2. The fourth-order valence-corrected chi connectivity index (χ4v) is 3.33. The Morgan fingerprint density at radius 3 is 2.64 bits per heavy atom. The number of carbonyl (C=O) groups is 1. The first-order valence-corrected chi connectivity index (χ1v) is 9.36. The van der Waals surface area contributed by atoms with Crippen molar-refractivity contribution in [2.75, 3.05) is 11.1 Å². The van der Waals surface area contributed by atoms with Crippen molar-refractivity contribution in [2.45, 2.75) is 25.6 Å². The van der Waals surface area contributed by atoms with Crippen molar-refractivity contribution in [3.8, 4) is 11.4 Å². The zero-order valence-corrected chi connectivity index (χ0v) is 16.0. The number of rotatable bonds is 7.